The van der Waals surface area contributed by atoms with Gasteiger partial charge in [0.2, 0.25) is 0 Å². The molecule has 1 N–H and O–H groups in total. The van der Waals surface area contributed by atoms with Gasteiger partial charge in [0.15, 0.2) is 6.23 Å². The highest BCUT2D eigenvalue weighted by Gasteiger charge is 2.44. The van der Waals surface area contributed by atoms with Crippen LogP contribution < -0.4 is 5.32 Å². The molecular formula is C13H11F3N2O2. The predicted octanol–water partition coefficient (Wildman–Crippen LogP) is 2.01. The molecule has 1 atom stereocenters. The average Bonchev–Trinajstić information content (AvgIpc) is 2.77. The molecule has 2 aliphatic heterocycles. The number of aliphatic imine (C=N–C) groups is 1. The summed E-state index contributed by atoms with van der Waals surface area (Å²) in [5.74, 6) is -2.20. The molecule has 2 heterocycles. The molecule has 20 heavy (non-hydrogen) atoms. The molecule has 3 rings (SSSR count). The fourth-order valence-electron chi connectivity index (χ4n) is 2.48. The van der Waals surface area contributed by atoms with Crippen LogP contribution in [0.25, 0.3) is 0 Å². The molecule has 0 amide bonds. The molecule has 0 radical (unpaired) electrons. The second-order valence-corrected chi connectivity index (χ2v) is 4.63. The molecule has 106 valence electrons. The molecule has 7 heteroatoms. The number of nitrogens with zero attached hydrogens (tertiary/aromatic N) is 1. The Morgan fingerprint density at radius 3 is 2.95 bits per heavy atom. The van der Waals surface area contributed by atoms with Gasteiger partial charge in [-0.05, 0) is 30.1 Å². The summed E-state index contributed by atoms with van der Waals surface area (Å²) >= 11 is 0. The van der Waals surface area contributed by atoms with Gasteiger partial charge in [0.1, 0.15) is 5.71 Å². The van der Waals surface area contributed by atoms with Crippen LogP contribution in [0.3, 0.4) is 0 Å². The van der Waals surface area contributed by atoms with Crippen LogP contribution in [0.15, 0.2) is 40.1 Å². The van der Waals surface area contributed by atoms with E-state index in [0.717, 1.165) is 16.8 Å². The maximum absolute atomic E-state index is 12.3. The summed E-state index contributed by atoms with van der Waals surface area (Å²) in [7, 11) is 0. The molecule has 1 unspecified atom stereocenters. The van der Waals surface area contributed by atoms with Crippen molar-refractivity contribution in [1.29, 1.82) is 0 Å². The zero-order valence-corrected chi connectivity index (χ0v) is 10.3. The first-order valence-electron chi connectivity index (χ1n) is 6.16. The topological polar surface area (TPSA) is 50.7 Å². The molecule has 0 aromatic carbocycles. The van der Waals surface area contributed by atoms with Crippen LogP contribution >= 0.6 is 0 Å². The molecule has 0 aromatic heterocycles. The summed E-state index contributed by atoms with van der Waals surface area (Å²) in [6, 6.07) is 0. The quantitative estimate of drug-likeness (QED) is 0.749. The van der Waals surface area contributed by atoms with E-state index < -0.39 is 18.4 Å². The van der Waals surface area contributed by atoms with Crippen molar-refractivity contribution < 1.29 is 22.7 Å². The number of fused-ring (bicyclic) bond motifs is 2. The summed E-state index contributed by atoms with van der Waals surface area (Å²) in [6.45, 7) is 0.449. The van der Waals surface area contributed by atoms with Crippen LogP contribution in [0.5, 0.6) is 0 Å². The first kappa shape index (κ1) is 13.1. The molecule has 1 aliphatic carbocycles. The van der Waals surface area contributed by atoms with Gasteiger partial charge in [-0.15, -0.1) is 0 Å². The van der Waals surface area contributed by atoms with Crippen LogP contribution in [0, 0.1) is 0 Å². The summed E-state index contributed by atoms with van der Waals surface area (Å²) in [6.07, 6.45) is 0.854. The van der Waals surface area contributed by atoms with Crippen molar-refractivity contribution in [3.8, 4) is 0 Å². The molecule has 1 fully saturated rings. The number of carbonyl (C=O) groups is 1. The number of ether oxygens (including phenoxy) is 1. The van der Waals surface area contributed by atoms with Crippen LogP contribution in [-0.2, 0) is 9.53 Å². The minimum absolute atomic E-state index is 0.388. The highest BCUT2D eigenvalue weighted by molar-refractivity contribution is 6.09. The van der Waals surface area contributed by atoms with E-state index in [1.807, 2.05) is 12.2 Å². The summed E-state index contributed by atoms with van der Waals surface area (Å²) in [5, 5.41) is 2.75. The number of hydrogen-bond donors (Lipinski definition) is 1. The van der Waals surface area contributed by atoms with E-state index in [1.165, 1.54) is 0 Å². The van der Waals surface area contributed by atoms with Gasteiger partial charge in [0.05, 0.1) is 5.70 Å². The van der Waals surface area contributed by atoms with Crippen LogP contribution in [-0.4, -0.2) is 30.6 Å². The Labute approximate surface area is 112 Å². The number of allylic oxidation sites excluding steroid dienone is 4. The van der Waals surface area contributed by atoms with Crippen LogP contribution in [0.4, 0.5) is 13.2 Å². The van der Waals surface area contributed by atoms with Crippen LogP contribution in [0.2, 0.25) is 0 Å². The third-order valence-electron chi connectivity index (χ3n) is 3.35. The average molecular weight is 284 g/mol. The first-order chi connectivity index (χ1) is 9.47. The van der Waals surface area contributed by atoms with Gasteiger partial charge >= 0.3 is 12.1 Å². The zero-order chi connectivity index (χ0) is 14.3. The van der Waals surface area contributed by atoms with Gasteiger partial charge in [-0.2, -0.15) is 13.2 Å². The molecular weight excluding hydrogens is 273 g/mol. The number of piperidine rings is 1. The van der Waals surface area contributed by atoms with E-state index in [2.05, 4.69) is 15.0 Å². The Kier molecular flexibility index (Phi) is 3.01. The molecule has 3 aliphatic rings. The lowest BCUT2D eigenvalue weighted by molar-refractivity contribution is -0.203. The second kappa shape index (κ2) is 4.59. The predicted molar refractivity (Wildman–Crippen MR) is 64.9 cm³/mol. The van der Waals surface area contributed by atoms with Crippen molar-refractivity contribution in [2.45, 2.75) is 25.2 Å². The van der Waals surface area contributed by atoms with Gasteiger partial charge in [-0.25, -0.2) is 9.79 Å². The zero-order valence-electron chi connectivity index (χ0n) is 10.3. The van der Waals surface area contributed by atoms with Gasteiger partial charge in [0.25, 0.3) is 0 Å². The van der Waals surface area contributed by atoms with Crippen molar-refractivity contribution in [2.75, 3.05) is 6.54 Å². The van der Waals surface area contributed by atoms with E-state index in [9.17, 15) is 18.0 Å². The minimum Gasteiger partial charge on any atom is -0.434 e. The summed E-state index contributed by atoms with van der Waals surface area (Å²) < 4.78 is 41.3. The summed E-state index contributed by atoms with van der Waals surface area (Å²) in [5.41, 5.74) is 3.03. The Hall–Kier alpha value is -1.89. The SMILES string of the molecule is O=C(OC1NCCC2=C3CC=CC=C3N=C21)C(F)(F)F. The fraction of sp³-hybridized carbons (Fsp3) is 0.385. The molecule has 0 aromatic rings. The van der Waals surface area contributed by atoms with E-state index in [1.54, 1.807) is 6.08 Å². The smallest absolute Gasteiger partial charge is 0.434 e. The Balaban J connectivity index is 1.86. The Bertz CT molecular complexity index is 585. The molecule has 0 bridgehead atoms. The Morgan fingerprint density at radius 1 is 1.40 bits per heavy atom. The maximum atomic E-state index is 12.3. The van der Waals surface area contributed by atoms with Gasteiger partial charge in [0, 0.05) is 6.54 Å². The van der Waals surface area contributed by atoms with Gasteiger partial charge in [-0.3, -0.25) is 5.32 Å². The number of carbonyl (C=O) groups excluding carboxylic acids is 1. The molecule has 0 saturated carbocycles. The maximum Gasteiger partial charge on any atom is 0.490 e. The van der Waals surface area contributed by atoms with Gasteiger partial charge in [-0.1, -0.05) is 12.2 Å². The normalized spacial score (nSPS) is 24.9. The van der Waals surface area contributed by atoms with Crippen molar-refractivity contribution in [1.82, 2.24) is 5.32 Å². The number of rotatable bonds is 1. The first-order valence-corrected chi connectivity index (χ1v) is 6.16. The monoisotopic (exact) mass is 284 g/mol. The summed E-state index contributed by atoms with van der Waals surface area (Å²) in [4.78, 5) is 15.2. The van der Waals surface area contributed by atoms with E-state index in [-0.39, 0.29) is 0 Å². The fourth-order valence-corrected chi connectivity index (χ4v) is 2.48. The molecule has 1 saturated heterocycles. The minimum atomic E-state index is -5.00. The van der Waals surface area contributed by atoms with E-state index in [4.69, 9.17) is 0 Å². The lowest BCUT2D eigenvalue weighted by atomic mass is 9.94. The number of esters is 1. The molecule has 0 spiro atoms. The number of alkyl halides is 3. The van der Waals surface area contributed by atoms with E-state index in [0.29, 0.717) is 25.1 Å². The van der Waals surface area contributed by atoms with Crippen LogP contribution in [0.1, 0.15) is 12.8 Å². The largest absolute Gasteiger partial charge is 0.490 e. The highest BCUT2D eigenvalue weighted by atomic mass is 19.4. The van der Waals surface area contributed by atoms with E-state index >= 15 is 0 Å². The second-order valence-electron chi connectivity index (χ2n) is 4.63. The highest BCUT2D eigenvalue weighted by Crippen LogP contribution is 2.35. The molecule has 4 nitrogen and oxygen atoms in total. The van der Waals surface area contributed by atoms with Gasteiger partial charge < -0.3 is 4.74 Å². The number of hydrogen-bond acceptors (Lipinski definition) is 4. The third-order valence-corrected chi connectivity index (χ3v) is 3.35. The standard InChI is InChI=1S/C13H11F3N2O2/c14-13(15,16)12(19)20-11-10-8(5-6-17-11)7-3-1-2-4-9(7)18-10/h1-2,4,11,17H,3,5-6H2. The lowest BCUT2D eigenvalue weighted by Gasteiger charge is -2.26. The van der Waals surface area contributed by atoms with Crippen molar-refractivity contribution in [3.05, 3.63) is 35.1 Å². The van der Waals surface area contributed by atoms with Crippen molar-refractivity contribution in [3.63, 3.8) is 0 Å². The number of nitrogens with one attached hydrogen (secondary N) is 1. The number of halogens is 3. The van der Waals surface area contributed by atoms with Crippen molar-refractivity contribution in [2.24, 2.45) is 4.99 Å². The lowest BCUT2D eigenvalue weighted by Crippen LogP contribution is -2.47. The Morgan fingerprint density at radius 2 is 2.20 bits per heavy atom. The third kappa shape index (κ3) is 2.18. The van der Waals surface area contributed by atoms with Crippen molar-refractivity contribution >= 4 is 11.7 Å².